The van der Waals surface area contributed by atoms with Gasteiger partial charge < -0.3 is 29.8 Å². The van der Waals surface area contributed by atoms with E-state index in [-0.39, 0.29) is 17.2 Å². The van der Waals surface area contributed by atoms with Gasteiger partial charge in [0, 0.05) is 17.2 Å². The number of hydrogen-bond acceptors (Lipinski definition) is 7. The summed E-state index contributed by atoms with van der Waals surface area (Å²) >= 11 is 0. The van der Waals surface area contributed by atoms with E-state index in [1.165, 1.54) is 33.5 Å². The van der Waals surface area contributed by atoms with Crippen LogP contribution in [0.1, 0.15) is 17.0 Å². The summed E-state index contributed by atoms with van der Waals surface area (Å²) in [6.45, 7) is 0. The van der Waals surface area contributed by atoms with Crippen molar-refractivity contribution in [3.05, 3.63) is 52.9 Å². The molecule has 0 spiro atoms. The quantitative estimate of drug-likeness (QED) is 0.869. The minimum Gasteiger partial charge on any atom is -0.508 e. The molecule has 0 bridgehead atoms. The molecule has 7 nitrogen and oxygen atoms in total. The van der Waals surface area contributed by atoms with Gasteiger partial charge in [-0.1, -0.05) is 12.1 Å². The van der Waals surface area contributed by atoms with Gasteiger partial charge in [-0.2, -0.15) is 5.26 Å². The number of benzene rings is 2. The van der Waals surface area contributed by atoms with Crippen molar-refractivity contribution in [2.75, 3.05) is 21.3 Å². The Balaban J connectivity index is 2.30. The van der Waals surface area contributed by atoms with Crippen LogP contribution < -0.4 is 24.7 Å². The number of fused-ring (bicyclic) bond motifs is 1. The summed E-state index contributed by atoms with van der Waals surface area (Å²) in [7, 11) is 4.55. The van der Waals surface area contributed by atoms with Crippen LogP contribution >= 0.6 is 0 Å². The normalized spacial score (nSPS) is 15.5. The second-order valence-electron chi connectivity index (χ2n) is 5.57. The molecule has 0 unspecified atom stereocenters. The average molecular weight is 354 g/mol. The van der Waals surface area contributed by atoms with E-state index in [0.29, 0.717) is 34.1 Å². The number of nitrogens with two attached hydrogens (primary N) is 1. The lowest BCUT2D eigenvalue weighted by Gasteiger charge is -2.28. The molecule has 1 aliphatic heterocycles. The molecule has 7 heteroatoms. The lowest BCUT2D eigenvalue weighted by molar-refractivity contribution is 0.321. The van der Waals surface area contributed by atoms with Gasteiger partial charge in [0.25, 0.3) is 0 Å². The van der Waals surface area contributed by atoms with Gasteiger partial charge in [-0.05, 0) is 12.1 Å². The molecular weight excluding hydrogens is 336 g/mol. The van der Waals surface area contributed by atoms with Crippen molar-refractivity contribution in [1.29, 1.82) is 5.26 Å². The summed E-state index contributed by atoms with van der Waals surface area (Å²) in [6.07, 6.45) is 0. The maximum absolute atomic E-state index is 9.74. The van der Waals surface area contributed by atoms with Crippen molar-refractivity contribution in [3.8, 4) is 34.8 Å². The van der Waals surface area contributed by atoms with E-state index in [1.807, 2.05) is 0 Å². The van der Waals surface area contributed by atoms with Crippen LogP contribution in [-0.2, 0) is 0 Å². The van der Waals surface area contributed by atoms with E-state index >= 15 is 0 Å². The molecular formula is C19H18N2O5. The number of phenols is 1. The number of ether oxygens (including phenoxy) is 4. The van der Waals surface area contributed by atoms with Gasteiger partial charge in [0.1, 0.15) is 23.1 Å². The van der Waals surface area contributed by atoms with Crippen LogP contribution in [0.25, 0.3) is 0 Å². The maximum atomic E-state index is 9.74. The highest BCUT2D eigenvalue weighted by atomic mass is 16.5. The van der Waals surface area contributed by atoms with Crippen molar-refractivity contribution in [3.63, 3.8) is 0 Å². The molecule has 1 heterocycles. The molecule has 3 N–H and O–H groups in total. The number of aromatic hydroxyl groups is 1. The van der Waals surface area contributed by atoms with E-state index < -0.39 is 5.92 Å². The third kappa shape index (κ3) is 2.62. The zero-order valence-corrected chi connectivity index (χ0v) is 14.6. The van der Waals surface area contributed by atoms with Crippen LogP contribution in [-0.4, -0.2) is 26.4 Å². The van der Waals surface area contributed by atoms with Crippen LogP contribution in [0.2, 0.25) is 0 Å². The lowest BCUT2D eigenvalue weighted by Crippen LogP contribution is -2.21. The smallest absolute Gasteiger partial charge is 0.205 e. The third-order valence-corrected chi connectivity index (χ3v) is 4.25. The van der Waals surface area contributed by atoms with Gasteiger partial charge in [0.15, 0.2) is 11.5 Å². The fourth-order valence-corrected chi connectivity index (χ4v) is 3.12. The van der Waals surface area contributed by atoms with Crippen molar-refractivity contribution in [2.24, 2.45) is 5.73 Å². The zero-order valence-electron chi connectivity index (χ0n) is 14.6. The number of allylic oxidation sites excluding steroid dienone is 1. The molecule has 2 aromatic carbocycles. The number of phenolic OH excluding ortho intramolecular Hbond substituents is 1. The molecule has 0 saturated carbocycles. The first-order chi connectivity index (χ1) is 12.5. The third-order valence-electron chi connectivity index (χ3n) is 4.25. The predicted octanol–water partition coefficient (Wildman–Crippen LogP) is 2.64. The second-order valence-corrected chi connectivity index (χ2v) is 5.57. The fourth-order valence-electron chi connectivity index (χ4n) is 3.12. The van der Waals surface area contributed by atoms with Gasteiger partial charge >= 0.3 is 0 Å². The standard InChI is InChI=1S/C19H18N2O5/c1-23-14-7-6-12(17(24-2)18(14)25-3)16-11-5-4-10(22)8-15(11)26-19(21)13(16)9-20/h4-8,16,22H,21H2,1-3H3/t16-/m0/s1. The summed E-state index contributed by atoms with van der Waals surface area (Å²) in [5.74, 6) is 1.19. The Bertz CT molecular complexity index is 930. The highest BCUT2D eigenvalue weighted by Gasteiger charge is 2.34. The molecule has 0 fully saturated rings. The fraction of sp³-hybridized carbons (Fsp3) is 0.211. The van der Waals surface area contributed by atoms with E-state index in [4.69, 9.17) is 24.7 Å². The molecule has 134 valence electrons. The second kappa shape index (κ2) is 6.76. The van der Waals surface area contributed by atoms with Crippen molar-refractivity contribution in [2.45, 2.75) is 5.92 Å². The minimum absolute atomic E-state index is 0.0209. The Labute approximate surface area is 150 Å². The maximum Gasteiger partial charge on any atom is 0.205 e. The van der Waals surface area contributed by atoms with Gasteiger partial charge in [-0.15, -0.1) is 0 Å². The summed E-state index contributed by atoms with van der Waals surface area (Å²) in [4.78, 5) is 0. The Hall–Kier alpha value is -3.53. The first-order valence-corrected chi connectivity index (χ1v) is 7.75. The van der Waals surface area contributed by atoms with Gasteiger partial charge in [0.2, 0.25) is 11.6 Å². The van der Waals surface area contributed by atoms with Gasteiger partial charge in [-0.3, -0.25) is 0 Å². The summed E-state index contributed by atoms with van der Waals surface area (Å²) in [5, 5.41) is 19.4. The molecule has 0 amide bonds. The molecule has 26 heavy (non-hydrogen) atoms. The number of methoxy groups -OCH3 is 3. The molecule has 1 aliphatic rings. The Morgan fingerprint density at radius 1 is 1.04 bits per heavy atom. The largest absolute Gasteiger partial charge is 0.508 e. The van der Waals surface area contributed by atoms with E-state index in [0.717, 1.165) is 0 Å². The van der Waals surface area contributed by atoms with Crippen LogP contribution in [0, 0.1) is 11.3 Å². The van der Waals surface area contributed by atoms with E-state index in [1.54, 1.807) is 18.2 Å². The molecule has 1 atom stereocenters. The van der Waals surface area contributed by atoms with Gasteiger partial charge in [-0.25, -0.2) is 0 Å². The number of nitrogens with zero attached hydrogens (tertiary/aromatic N) is 1. The Morgan fingerprint density at radius 2 is 1.73 bits per heavy atom. The SMILES string of the molecule is COc1ccc([C@H]2C(C#N)=C(N)Oc3cc(O)ccc32)c(OC)c1OC. The number of hydrogen-bond donors (Lipinski definition) is 2. The Morgan fingerprint density at radius 3 is 2.35 bits per heavy atom. The monoisotopic (exact) mass is 354 g/mol. The first kappa shape index (κ1) is 17.3. The number of rotatable bonds is 4. The Kier molecular flexibility index (Phi) is 4.50. The van der Waals surface area contributed by atoms with Crippen LogP contribution in [0.4, 0.5) is 0 Å². The summed E-state index contributed by atoms with van der Waals surface area (Å²) in [6, 6.07) is 10.3. The van der Waals surface area contributed by atoms with Crippen molar-refractivity contribution >= 4 is 0 Å². The number of nitriles is 1. The average Bonchev–Trinajstić information content (AvgIpc) is 2.65. The van der Waals surface area contributed by atoms with Crippen molar-refractivity contribution in [1.82, 2.24) is 0 Å². The van der Waals surface area contributed by atoms with Crippen LogP contribution in [0.5, 0.6) is 28.7 Å². The molecule has 0 aromatic heterocycles. The molecule has 0 radical (unpaired) electrons. The topological polar surface area (TPSA) is 107 Å². The predicted molar refractivity (Wildman–Crippen MR) is 93.5 cm³/mol. The van der Waals surface area contributed by atoms with Crippen molar-refractivity contribution < 1.29 is 24.1 Å². The molecule has 3 rings (SSSR count). The highest BCUT2D eigenvalue weighted by Crippen LogP contribution is 2.50. The van der Waals surface area contributed by atoms with Crippen LogP contribution in [0.15, 0.2) is 41.8 Å². The first-order valence-electron chi connectivity index (χ1n) is 7.75. The highest BCUT2D eigenvalue weighted by molar-refractivity contribution is 5.64. The minimum atomic E-state index is -0.542. The summed E-state index contributed by atoms with van der Waals surface area (Å²) < 4.78 is 21.8. The van der Waals surface area contributed by atoms with Crippen LogP contribution in [0.3, 0.4) is 0 Å². The van der Waals surface area contributed by atoms with E-state index in [9.17, 15) is 10.4 Å². The zero-order chi connectivity index (χ0) is 18.8. The summed E-state index contributed by atoms with van der Waals surface area (Å²) in [5.41, 5.74) is 7.55. The van der Waals surface area contributed by atoms with E-state index in [2.05, 4.69) is 6.07 Å². The molecule has 2 aromatic rings. The molecule has 0 saturated heterocycles. The van der Waals surface area contributed by atoms with Gasteiger partial charge in [0.05, 0.1) is 27.2 Å². The lowest BCUT2D eigenvalue weighted by atomic mass is 9.83. The molecule has 0 aliphatic carbocycles.